The van der Waals surface area contributed by atoms with Gasteiger partial charge in [-0.1, -0.05) is 23.2 Å². The summed E-state index contributed by atoms with van der Waals surface area (Å²) in [5, 5.41) is 3.76. The van der Waals surface area contributed by atoms with Crippen LogP contribution in [0.3, 0.4) is 0 Å². The molecule has 0 spiro atoms. The Balaban J connectivity index is 1.86. The van der Waals surface area contributed by atoms with Gasteiger partial charge in [0.25, 0.3) is 5.91 Å². The van der Waals surface area contributed by atoms with E-state index >= 15 is 0 Å². The molecule has 1 aromatic heterocycles. The van der Waals surface area contributed by atoms with Gasteiger partial charge in [-0.2, -0.15) is 0 Å². The van der Waals surface area contributed by atoms with Crippen molar-refractivity contribution in [2.75, 3.05) is 23.3 Å². The summed E-state index contributed by atoms with van der Waals surface area (Å²) in [5.41, 5.74) is 1.09. The second-order valence-electron chi connectivity index (χ2n) is 5.15. The van der Waals surface area contributed by atoms with Crippen molar-refractivity contribution < 1.29 is 4.79 Å². The van der Waals surface area contributed by atoms with Crippen molar-refractivity contribution in [2.45, 2.75) is 12.8 Å². The SMILES string of the molecule is O=C(Nc1ccc(Cl)cc1Cl)c1cccnc1N1CCCC1. The third-order valence-electron chi connectivity index (χ3n) is 3.62. The average Bonchev–Trinajstić information content (AvgIpc) is 3.04. The van der Waals surface area contributed by atoms with Gasteiger partial charge in [0.2, 0.25) is 0 Å². The van der Waals surface area contributed by atoms with E-state index in [4.69, 9.17) is 23.2 Å². The summed E-state index contributed by atoms with van der Waals surface area (Å²) in [6.07, 6.45) is 3.96. The first kappa shape index (κ1) is 15.1. The molecule has 6 heteroatoms. The number of hydrogen-bond donors (Lipinski definition) is 1. The predicted octanol–water partition coefficient (Wildman–Crippen LogP) is 4.24. The molecule has 2 heterocycles. The monoisotopic (exact) mass is 335 g/mol. The van der Waals surface area contributed by atoms with Crippen LogP contribution in [0.4, 0.5) is 11.5 Å². The standard InChI is InChI=1S/C16H15Cl2N3O/c17-11-5-6-14(13(18)10-11)20-16(22)12-4-3-7-19-15(12)21-8-1-2-9-21/h3-7,10H,1-2,8-9H2,(H,20,22). The topological polar surface area (TPSA) is 45.2 Å². The Bertz CT molecular complexity index is 700. The molecule has 0 atom stereocenters. The van der Waals surface area contributed by atoms with E-state index in [2.05, 4.69) is 15.2 Å². The molecule has 0 saturated carbocycles. The first-order valence-corrected chi connectivity index (χ1v) is 7.87. The van der Waals surface area contributed by atoms with Gasteiger partial charge in [-0.05, 0) is 43.2 Å². The molecule has 0 radical (unpaired) electrons. The number of nitrogens with zero attached hydrogens (tertiary/aromatic N) is 2. The lowest BCUT2D eigenvalue weighted by molar-refractivity contribution is 0.102. The fourth-order valence-corrected chi connectivity index (χ4v) is 2.99. The lowest BCUT2D eigenvalue weighted by Crippen LogP contribution is -2.24. The highest BCUT2D eigenvalue weighted by Crippen LogP contribution is 2.27. The molecule has 22 heavy (non-hydrogen) atoms. The van der Waals surface area contributed by atoms with E-state index < -0.39 is 0 Å². The van der Waals surface area contributed by atoms with Crippen molar-refractivity contribution in [3.05, 3.63) is 52.1 Å². The molecule has 4 nitrogen and oxygen atoms in total. The normalized spacial score (nSPS) is 14.2. The highest BCUT2D eigenvalue weighted by molar-refractivity contribution is 6.36. The summed E-state index contributed by atoms with van der Waals surface area (Å²) in [7, 11) is 0. The number of carbonyl (C=O) groups excluding carboxylic acids is 1. The second-order valence-corrected chi connectivity index (χ2v) is 5.99. The highest BCUT2D eigenvalue weighted by Gasteiger charge is 2.21. The third-order valence-corrected chi connectivity index (χ3v) is 4.16. The van der Waals surface area contributed by atoms with Gasteiger partial charge in [0.1, 0.15) is 5.82 Å². The Morgan fingerprint density at radius 3 is 2.68 bits per heavy atom. The minimum Gasteiger partial charge on any atom is -0.356 e. The van der Waals surface area contributed by atoms with Gasteiger partial charge < -0.3 is 10.2 Å². The zero-order chi connectivity index (χ0) is 15.5. The first-order valence-electron chi connectivity index (χ1n) is 7.11. The number of amides is 1. The molecule has 1 fully saturated rings. The number of carbonyl (C=O) groups is 1. The zero-order valence-electron chi connectivity index (χ0n) is 11.9. The Kier molecular flexibility index (Phi) is 4.50. The summed E-state index contributed by atoms with van der Waals surface area (Å²) in [6.45, 7) is 1.86. The number of aromatic nitrogens is 1. The van der Waals surface area contributed by atoms with Crippen LogP contribution in [0.5, 0.6) is 0 Å². The van der Waals surface area contributed by atoms with Crippen molar-refractivity contribution in [3.63, 3.8) is 0 Å². The molecular weight excluding hydrogens is 321 g/mol. The van der Waals surface area contributed by atoms with Crippen molar-refractivity contribution in [2.24, 2.45) is 0 Å². The molecule has 1 aliphatic heterocycles. The molecule has 0 unspecified atom stereocenters. The van der Waals surface area contributed by atoms with Crippen LogP contribution >= 0.6 is 23.2 Å². The van der Waals surface area contributed by atoms with Crippen molar-refractivity contribution in [3.8, 4) is 0 Å². The number of pyridine rings is 1. The van der Waals surface area contributed by atoms with Gasteiger partial charge in [0.15, 0.2) is 0 Å². The smallest absolute Gasteiger partial charge is 0.259 e. The number of anilines is 2. The summed E-state index contributed by atoms with van der Waals surface area (Å²) in [5.74, 6) is 0.502. The van der Waals surface area contributed by atoms with Gasteiger partial charge >= 0.3 is 0 Å². The molecule has 114 valence electrons. The number of benzene rings is 1. The molecule has 1 aliphatic rings. The maximum absolute atomic E-state index is 12.6. The molecule has 0 bridgehead atoms. The Morgan fingerprint density at radius 1 is 1.18 bits per heavy atom. The predicted molar refractivity (Wildman–Crippen MR) is 90.1 cm³/mol. The molecule has 1 amide bonds. The summed E-state index contributed by atoms with van der Waals surface area (Å²) >= 11 is 12.0. The molecule has 1 aromatic carbocycles. The van der Waals surface area contributed by atoms with E-state index in [1.165, 1.54) is 0 Å². The number of rotatable bonds is 3. The largest absolute Gasteiger partial charge is 0.356 e. The molecule has 3 rings (SSSR count). The summed E-state index contributed by atoms with van der Waals surface area (Å²) < 4.78 is 0. The molecule has 1 saturated heterocycles. The number of halogens is 2. The summed E-state index contributed by atoms with van der Waals surface area (Å²) in [4.78, 5) is 19.1. The number of hydrogen-bond acceptors (Lipinski definition) is 3. The maximum atomic E-state index is 12.6. The fourth-order valence-electron chi connectivity index (χ4n) is 2.54. The van der Waals surface area contributed by atoms with Crippen LogP contribution in [0.15, 0.2) is 36.5 Å². The Morgan fingerprint density at radius 2 is 1.95 bits per heavy atom. The van der Waals surface area contributed by atoms with E-state index in [1.54, 1.807) is 36.5 Å². The van der Waals surface area contributed by atoms with Crippen molar-refractivity contribution in [1.82, 2.24) is 4.98 Å². The van der Waals surface area contributed by atoms with Gasteiger partial charge in [-0.15, -0.1) is 0 Å². The van der Waals surface area contributed by atoms with E-state index in [0.717, 1.165) is 31.7 Å². The van der Waals surface area contributed by atoms with Crippen LogP contribution in [-0.2, 0) is 0 Å². The Labute approximate surface area is 139 Å². The fraction of sp³-hybridized carbons (Fsp3) is 0.250. The van der Waals surface area contributed by atoms with Crippen LogP contribution in [0.2, 0.25) is 10.0 Å². The molecule has 1 N–H and O–H groups in total. The molecule has 2 aromatic rings. The zero-order valence-corrected chi connectivity index (χ0v) is 13.4. The Hall–Kier alpha value is -1.78. The maximum Gasteiger partial charge on any atom is 0.259 e. The number of nitrogens with one attached hydrogen (secondary N) is 1. The van der Waals surface area contributed by atoms with Crippen LogP contribution in [-0.4, -0.2) is 24.0 Å². The molecule has 0 aliphatic carbocycles. The average molecular weight is 336 g/mol. The van der Waals surface area contributed by atoms with Crippen molar-refractivity contribution >= 4 is 40.6 Å². The van der Waals surface area contributed by atoms with E-state index in [1.807, 2.05) is 0 Å². The quantitative estimate of drug-likeness (QED) is 0.912. The van der Waals surface area contributed by atoms with Crippen LogP contribution < -0.4 is 10.2 Å². The van der Waals surface area contributed by atoms with E-state index in [0.29, 0.717) is 21.3 Å². The van der Waals surface area contributed by atoms with Gasteiger partial charge in [0.05, 0.1) is 16.3 Å². The summed E-state index contributed by atoms with van der Waals surface area (Å²) in [6, 6.07) is 8.52. The lowest BCUT2D eigenvalue weighted by atomic mass is 10.2. The van der Waals surface area contributed by atoms with E-state index in [-0.39, 0.29) is 5.91 Å². The minimum atomic E-state index is -0.223. The van der Waals surface area contributed by atoms with Gasteiger partial charge in [0, 0.05) is 24.3 Å². The van der Waals surface area contributed by atoms with Crippen LogP contribution in [0.1, 0.15) is 23.2 Å². The van der Waals surface area contributed by atoms with Crippen LogP contribution in [0, 0.1) is 0 Å². The van der Waals surface area contributed by atoms with Crippen LogP contribution in [0.25, 0.3) is 0 Å². The second kappa shape index (κ2) is 6.55. The third kappa shape index (κ3) is 3.18. The van der Waals surface area contributed by atoms with Gasteiger partial charge in [-0.25, -0.2) is 4.98 Å². The first-order chi connectivity index (χ1) is 10.6. The van der Waals surface area contributed by atoms with Crippen molar-refractivity contribution in [1.29, 1.82) is 0 Å². The lowest BCUT2D eigenvalue weighted by Gasteiger charge is -2.19. The molecular formula is C16H15Cl2N3O. The minimum absolute atomic E-state index is 0.223. The van der Waals surface area contributed by atoms with Gasteiger partial charge in [-0.3, -0.25) is 4.79 Å². The van der Waals surface area contributed by atoms with E-state index in [9.17, 15) is 4.79 Å². The highest BCUT2D eigenvalue weighted by atomic mass is 35.5.